The first-order valence-electron chi connectivity index (χ1n) is 47.5. The van der Waals surface area contributed by atoms with Gasteiger partial charge in [0.05, 0.1) is 185 Å². The van der Waals surface area contributed by atoms with Crippen molar-refractivity contribution < 1.29 is 47.7 Å². The summed E-state index contributed by atoms with van der Waals surface area (Å²) in [6.45, 7) is 21.3. The third-order valence-electron chi connectivity index (χ3n) is 25.4. The van der Waals surface area contributed by atoms with Crippen LogP contribution >= 0.6 is 0 Å². The summed E-state index contributed by atoms with van der Waals surface area (Å²) >= 11 is 0. The Bertz CT molecular complexity index is 6740. The number of aliphatic hydroxyl groups excluding tert-OH is 1. The smallest absolute Gasteiger partial charge is 0.150 e. The highest BCUT2D eigenvalue weighted by Crippen LogP contribution is 2.42. The number of methoxy groups -OCH3 is 8. The van der Waals surface area contributed by atoms with E-state index in [1.165, 1.54) is 25.9 Å². The van der Waals surface area contributed by atoms with E-state index in [9.17, 15) is 5.11 Å². The Morgan fingerprint density at radius 2 is 0.784 bits per heavy atom. The number of ether oxygens (including phenoxy) is 9. The molecule has 1 N–H and O–H groups in total. The monoisotopic (exact) mass is 1880 g/mol. The molecule has 3 aliphatic heterocycles. The average molecular weight is 1880 g/mol. The van der Waals surface area contributed by atoms with Gasteiger partial charge in [-0.1, -0.05) is 34.6 Å². The Morgan fingerprint density at radius 3 is 1.17 bits per heavy atom. The lowest BCUT2D eigenvalue weighted by Crippen LogP contribution is -2.45. The molecule has 3 saturated heterocycles. The second-order valence-corrected chi connectivity index (χ2v) is 35.8. The summed E-state index contributed by atoms with van der Waals surface area (Å²) in [6, 6.07) is 48.1. The van der Waals surface area contributed by atoms with Gasteiger partial charge in [-0.05, 0) is 167 Å². The summed E-state index contributed by atoms with van der Waals surface area (Å²) in [6.07, 6.45) is 29.5. The van der Waals surface area contributed by atoms with Crippen LogP contribution in [0.3, 0.4) is 0 Å². The number of aryl methyl sites for hydroxylation is 3. The van der Waals surface area contributed by atoms with E-state index in [2.05, 4.69) is 146 Å². The molecule has 0 amide bonds. The topological polar surface area (TPSA) is 297 Å². The SMILES string of the molecule is CCCN(c1ccc2ncc(-c3cnn(C4CCCCO4)c3)nc2c1)c1cc(OC)ccc1OC.COc1cc(OC)cc(N(CC(O)C(C)C)c2ccc3ncc(-c4cnn(C)c4)nc3c2)c1.COc1cc(OC)cc(N(CCCN2CC(C)C2)c2ccc3ncc(-c4cnn(C)c4)nc3c2)c1.COc1cc(OC)cc(N(CCN2CCC(C)CC2)c2ccc3ncc(-c4cnn(C)c4)nc3c2)c1. The minimum atomic E-state index is -0.536. The standard InChI is InChI=1S/C28H34N6O2.C27H32N6O2.C27H31N5O3.C25H29N5O3/c1-20-7-9-33(10-8-20)11-12-34(23-13-24(35-3)16-25(14-23)36-4)22-5-6-26-27(15-22)31-28(18-29-26)21-17-30-32(2)19-21;1-19-16-32(17-19)8-5-9-33(22-10-23(34-3)13-24(11-22)35-4)21-6-7-25-26(12-21)30-27(15-28-25)20-14-29-31(2)18-20;1-4-12-31(25-15-21(33-2)9-11-26(25)34-3)20-8-10-22-23(14-20)30-24(17-28-22)19-16-29-32(18-19)27-7-5-6-13-35-27;1-16(2)25(31)15-30(19-8-20(32-4)11-21(9-19)33-5)18-6-7-22-23(10-18)28-24(13-26-22)17-12-27-29(3)14-17/h5-6,13-20H,7-12H2,1-4H3;6-7,10-15,18-19H,5,8-9,16-17H2,1-4H3;8-11,14-18,27H,4-7,12-13H2,1-3H3;6-14,16,25,31H,15H2,1-5H3. The van der Waals surface area contributed by atoms with Crippen LogP contribution in [-0.2, 0) is 25.9 Å². The van der Waals surface area contributed by atoms with Gasteiger partial charge in [0.15, 0.2) is 0 Å². The largest absolute Gasteiger partial charge is 0.497 e. The van der Waals surface area contributed by atoms with Gasteiger partial charge in [0.25, 0.3) is 0 Å². The lowest BCUT2D eigenvalue weighted by Gasteiger charge is -2.37. The summed E-state index contributed by atoms with van der Waals surface area (Å²) in [7, 11) is 19.0. The molecule has 0 radical (unpaired) electrons. The third-order valence-corrected chi connectivity index (χ3v) is 25.4. The van der Waals surface area contributed by atoms with Gasteiger partial charge < -0.3 is 77.1 Å². The molecule has 19 rings (SSSR count). The molecule has 0 bridgehead atoms. The number of rotatable bonds is 33. The summed E-state index contributed by atoms with van der Waals surface area (Å²) in [4.78, 5) is 52.1. The van der Waals surface area contributed by atoms with E-state index in [4.69, 9.17) is 62.6 Å². The minimum absolute atomic E-state index is 0.00188. The second-order valence-electron chi connectivity index (χ2n) is 35.8. The molecule has 2 unspecified atom stereocenters. The first-order valence-corrected chi connectivity index (χ1v) is 47.5. The molecular weight excluding hydrogens is 1750 g/mol. The number of likely N-dealkylation sites (tertiary alicyclic amines) is 2. The summed E-state index contributed by atoms with van der Waals surface area (Å²) in [5, 5.41) is 28.0. The highest BCUT2D eigenvalue weighted by molar-refractivity contribution is 5.87. The van der Waals surface area contributed by atoms with Crippen molar-refractivity contribution in [2.24, 2.45) is 38.9 Å². The Balaban J connectivity index is 0.000000134. The number of fused-ring (bicyclic) bond motifs is 4. The molecule has 3 fully saturated rings. The van der Waals surface area contributed by atoms with E-state index in [1.807, 2.05) is 173 Å². The summed E-state index contributed by atoms with van der Waals surface area (Å²) in [5.74, 6) is 7.69. The Morgan fingerprint density at radius 1 is 0.381 bits per heavy atom. The van der Waals surface area contributed by atoms with E-state index in [0.29, 0.717) is 18.0 Å². The van der Waals surface area contributed by atoms with Crippen LogP contribution in [0, 0.1) is 17.8 Å². The maximum absolute atomic E-state index is 10.7. The highest BCUT2D eigenvalue weighted by atomic mass is 16.5. The molecule has 11 heterocycles. The van der Waals surface area contributed by atoms with Crippen LogP contribution in [0.25, 0.3) is 89.2 Å². The van der Waals surface area contributed by atoms with Crippen LogP contribution in [-0.4, -0.2) is 229 Å². The summed E-state index contributed by atoms with van der Waals surface area (Å²) in [5.41, 5.74) is 21.4. The van der Waals surface area contributed by atoms with Crippen LogP contribution in [0.2, 0.25) is 0 Å². The first-order chi connectivity index (χ1) is 67.6. The van der Waals surface area contributed by atoms with Crippen molar-refractivity contribution in [3.05, 3.63) is 220 Å². The fourth-order valence-electron chi connectivity index (χ4n) is 17.5. The minimum Gasteiger partial charge on any atom is -0.497 e. The van der Waals surface area contributed by atoms with Crippen LogP contribution in [0.5, 0.6) is 46.0 Å². The van der Waals surface area contributed by atoms with Crippen molar-refractivity contribution >= 4 is 89.6 Å². The zero-order valence-electron chi connectivity index (χ0n) is 82.4. The maximum atomic E-state index is 10.7. The van der Waals surface area contributed by atoms with Gasteiger partial charge in [0.2, 0.25) is 0 Å². The maximum Gasteiger partial charge on any atom is 0.150 e. The zero-order chi connectivity index (χ0) is 97.2. The van der Waals surface area contributed by atoms with Gasteiger partial charge in [-0.15, -0.1) is 0 Å². The fraction of sp³-hybridized carbons (Fsp3) is 0.364. The van der Waals surface area contributed by atoms with Gasteiger partial charge >= 0.3 is 0 Å². The molecule has 8 aromatic carbocycles. The molecule has 3 aliphatic rings. The molecule has 0 aliphatic carbocycles. The predicted octanol–water partition coefficient (Wildman–Crippen LogP) is 19.4. The second kappa shape index (κ2) is 45.6. The molecule has 0 spiro atoms. The van der Waals surface area contributed by atoms with Crippen molar-refractivity contribution in [3.63, 3.8) is 0 Å². The fourth-order valence-corrected chi connectivity index (χ4v) is 17.5. The number of aliphatic hydroxyl groups is 1. The van der Waals surface area contributed by atoms with Crippen LogP contribution < -0.4 is 57.5 Å². The number of benzene rings is 8. The lowest BCUT2D eigenvalue weighted by atomic mass is 9.99. The molecule has 8 aromatic heterocycles. The van der Waals surface area contributed by atoms with E-state index in [1.54, 1.807) is 102 Å². The Kier molecular flexibility index (Phi) is 32.0. The molecule has 32 heteroatoms. The van der Waals surface area contributed by atoms with Gasteiger partial charge in [-0.25, -0.2) is 24.6 Å². The molecule has 32 nitrogen and oxygen atoms in total. The van der Waals surface area contributed by atoms with E-state index in [0.717, 1.165) is 266 Å². The molecule has 139 heavy (non-hydrogen) atoms. The number of nitrogens with zero attached hydrogens (tertiary/aromatic N) is 22. The van der Waals surface area contributed by atoms with Crippen molar-refractivity contribution in [1.82, 2.24) is 88.8 Å². The van der Waals surface area contributed by atoms with Crippen LogP contribution in [0.1, 0.15) is 85.8 Å². The van der Waals surface area contributed by atoms with Crippen molar-refractivity contribution in [1.29, 1.82) is 0 Å². The van der Waals surface area contributed by atoms with E-state index >= 15 is 0 Å². The van der Waals surface area contributed by atoms with Crippen LogP contribution in [0.4, 0.5) is 45.5 Å². The van der Waals surface area contributed by atoms with Gasteiger partial charge in [-0.2, -0.15) is 20.4 Å². The average Bonchev–Trinajstić information content (AvgIpc) is 1.69. The lowest BCUT2D eigenvalue weighted by molar-refractivity contribution is -0.0394. The van der Waals surface area contributed by atoms with Gasteiger partial charge in [-0.3, -0.25) is 34.0 Å². The summed E-state index contributed by atoms with van der Waals surface area (Å²) < 4.78 is 57.4. The number of anilines is 8. The zero-order valence-corrected chi connectivity index (χ0v) is 82.4. The van der Waals surface area contributed by atoms with Gasteiger partial charge in [0.1, 0.15) is 52.2 Å². The molecule has 16 aromatic rings. The molecule has 0 saturated carbocycles. The van der Waals surface area contributed by atoms with Crippen molar-refractivity contribution in [2.75, 3.05) is 149 Å². The number of hydrogen-bond acceptors (Lipinski definition) is 28. The molecule has 2 atom stereocenters. The highest BCUT2D eigenvalue weighted by Gasteiger charge is 2.27. The van der Waals surface area contributed by atoms with Crippen LogP contribution in [0.15, 0.2) is 220 Å². The normalized spacial score (nSPS) is 14.3. The predicted molar refractivity (Wildman–Crippen MR) is 547 cm³/mol. The van der Waals surface area contributed by atoms with E-state index in [-0.39, 0.29) is 12.1 Å². The van der Waals surface area contributed by atoms with Crippen molar-refractivity contribution in [3.8, 4) is 91.0 Å². The quantitative estimate of drug-likeness (QED) is 0.0399. The molecule has 724 valence electrons. The van der Waals surface area contributed by atoms with Gasteiger partial charge in [0, 0.05) is 221 Å². The number of hydrogen-bond donors (Lipinski definition) is 1. The Labute approximate surface area is 812 Å². The third kappa shape index (κ3) is 24.2. The first kappa shape index (κ1) is 97.5. The van der Waals surface area contributed by atoms with Crippen molar-refractivity contribution in [2.45, 2.75) is 91.9 Å². The number of piperidine rings is 1. The molecular formula is C107H126N22O10. The Hall–Kier alpha value is -14.6. The number of aromatic nitrogens is 16. The van der Waals surface area contributed by atoms with E-state index < -0.39 is 6.10 Å².